The fourth-order valence-electron chi connectivity index (χ4n) is 17.3. The Morgan fingerprint density at radius 2 is 0.878 bits per heavy atom. The molecule has 1 aromatic heterocycles. The number of aromatic amines is 1. The van der Waals surface area contributed by atoms with Gasteiger partial charge in [-0.2, -0.15) is 0 Å². The van der Waals surface area contributed by atoms with Crippen LogP contribution in [-0.4, -0.2) is 291 Å². The Hall–Kier alpha value is -12.7. The molecule has 16 amide bonds. The predicted molar refractivity (Wildman–Crippen MR) is 515 cm³/mol. The molecule has 0 bridgehead atoms. The van der Waals surface area contributed by atoms with Gasteiger partial charge in [-0.1, -0.05) is 143 Å². The molecule has 4 fully saturated rings. The van der Waals surface area contributed by atoms with Crippen molar-refractivity contribution in [2.24, 2.45) is 17.6 Å². The lowest BCUT2D eigenvalue weighted by Gasteiger charge is -2.37. The summed E-state index contributed by atoms with van der Waals surface area (Å²) < 4.78 is 17.6. The molecule has 4 aliphatic heterocycles. The number of hydrogen-bond acceptors (Lipinski definition) is 21. The number of carboxylic acids is 1. The summed E-state index contributed by atoms with van der Waals surface area (Å²) in [5.41, 5.74) is 6.83. The number of carboxylic acid groups (broad SMARTS) is 1. The van der Waals surface area contributed by atoms with Gasteiger partial charge in [0.1, 0.15) is 72.0 Å². The van der Waals surface area contributed by atoms with E-state index in [4.69, 9.17) is 19.9 Å². The zero-order chi connectivity index (χ0) is 102. The van der Waals surface area contributed by atoms with Crippen LogP contribution in [-0.2, 0) is 108 Å². The standard InChI is InChI=1S/C100H142N18O21/c1-16-60(4)83(113-88(127)70(50-59(2)3)109-87(126)71(51-63-52-102-69-39-27-26-38-67(63)69)108-85(124)68(101)44-45-79(119)114-100(64-32-20-17-21-33-64,65-34-22-18-23-35-65)66-36-24-19-25-37-66)92(131)107-61(5)84(123)104-53-80(120)103-55-82(122)115-46-28-40-75(115)90(129)111-73(57-138-98(10,11)12)89(128)110-72(56-137-97(7,8)9)86(125)105-54-81(121)106-62(6)93(132)117-48-30-42-77(117)95(134)118-49-31-43-78(118)94(133)116-47-29-41-76(116)91(130)112-74(96(135)136)58-139-99(13,14)15/h17-27,32-39,52,59-62,68,70-78,83,102H,16,28-31,40-51,53-58,101H2,1-15H3,(H,103,120)(H,104,123)(H,105,125)(H,106,121)(H,107,131)(H,108,124)(H,109,126)(H,110,128)(H,111,129)(H,112,130)(H,113,127)(H,114,119)(H,135,136)/t60-,61-,62-,68-,70-,71-,72-,73-,74-,75-,76-,77-,78-,83-/m0/s1. The number of carbonyl (C=O) groups excluding carboxylic acids is 16. The summed E-state index contributed by atoms with van der Waals surface area (Å²) in [6.07, 6.45) is 4.39. The highest BCUT2D eigenvalue weighted by Crippen LogP contribution is 2.38. The summed E-state index contributed by atoms with van der Waals surface area (Å²) >= 11 is 0. The summed E-state index contributed by atoms with van der Waals surface area (Å²) in [6, 6.07) is 19.7. The highest BCUT2D eigenvalue weighted by Gasteiger charge is 2.48. The second-order valence-electron chi connectivity index (χ2n) is 39.6. The summed E-state index contributed by atoms with van der Waals surface area (Å²) in [5, 5.41) is 42.8. The highest BCUT2D eigenvalue weighted by atomic mass is 16.5. The summed E-state index contributed by atoms with van der Waals surface area (Å²) in [5.74, 6) is -13.5. The first-order valence-electron chi connectivity index (χ1n) is 48.1. The lowest BCUT2D eigenvalue weighted by Crippen LogP contribution is -2.60. The lowest BCUT2D eigenvalue weighted by molar-refractivity contribution is -0.151. The maximum Gasteiger partial charge on any atom is 0.328 e. The molecule has 758 valence electrons. The van der Waals surface area contributed by atoms with Crippen molar-refractivity contribution >= 4 is 111 Å². The minimum absolute atomic E-state index is 0.0625. The molecule has 0 unspecified atom stereocenters. The third-order valence-electron chi connectivity index (χ3n) is 24.9. The molecule has 9 rings (SSSR count). The van der Waals surface area contributed by atoms with E-state index in [1.807, 2.05) is 129 Å². The van der Waals surface area contributed by atoms with Crippen LogP contribution >= 0.6 is 0 Å². The molecule has 0 saturated carbocycles. The van der Waals surface area contributed by atoms with Crippen LogP contribution in [0.4, 0.5) is 0 Å². The molecule has 4 aromatic carbocycles. The molecule has 0 radical (unpaired) electrons. The van der Waals surface area contributed by atoms with Crippen molar-refractivity contribution in [2.45, 2.75) is 288 Å². The van der Waals surface area contributed by atoms with Gasteiger partial charge >= 0.3 is 5.97 Å². The molecule has 5 heterocycles. The number of rotatable bonds is 46. The van der Waals surface area contributed by atoms with Crippen LogP contribution < -0.4 is 69.5 Å². The molecule has 4 aliphatic rings. The fourth-order valence-corrected chi connectivity index (χ4v) is 17.3. The van der Waals surface area contributed by atoms with E-state index in [1.54, 1.807) is 82.4 Å². The number of amides is 16. The largest absolute Gasteiger partial charge is 0.480 e. The molecule has 5 aromatic rings. The number of para-hydroxylation sites is 1. The zero-order valence-electron chi connectivity index (χ0n) is 82.4. The Balaban J connectivity index is 0.751. The second kappa shape index (κ2) is 50.2. The molecule has 0 spiro atoms. The zero-order valence-corrected chi connectivity index (χ0v) is 82.4. The maximum atomic E-state index is 14.9. The van der Waals surface area contributed by atoms with Gasteiger partial charge < -0.3 is 113 Å². The molecule has 16 N–H and O–H groups in total. The van der Waals surface area contributed by atoms with Crippen LogP contribution in [0, 0.1) is 11.8 Å². The second-order valence-corrected chi connectivity index (χ2v) is 39.6. The van der Waals surface area contributed by atoms with Crippen LogP contribution in [0.2, 0.25) is 0 Å². The molecule has 39 heteroatoms. The SMILES string of the molecule is CC[C@H](C)[C@H](NC(=O)[C@H](CC(C)C)NC(=O)[C@H](Cc1c[nH]c2ccccc12)NC(=O)[C@@H](N)CCC(=O)NC(c1ccccc1)(c1ccccc1)c1ccccc1)C(=O)N[C@@H](C)C(=O)NCC(=O)NCC(=O)N1CCC[C@H]1C(=O)N[C@@H](COC(C)(C)C)C(=O)N[C@@H](COC(C)(C)C)C(=O)NCC(=O)N[C@@H](C)C(=O)N1CCC[C@H]1C(=O)N1CCC[C@H]1C(=O)N1CCC[C@H]1C(=O)N[C@@H](COC(C)(C)C)C(=O)O. The number of nitrogens with two attached hydrogens (primary N) is 1. The van der Waals surface area contributed by atoms with Gasteiger partial charge in [-0.3, -0.25) is 76.7 Å². The first-order valence-corrected chi connectivity index (χ1v) is 48.1. The van der Waals surface area contributed by atoms with Gasteiger partial charge in [0.2, 0.25) is 94.5 Å². The number of carbonyl (C=O) groups is 17. The molecular formula is C100H142N18O21. The van der Waals surface area contributed by atoms with E-state index in [2.05, 4.69) is 68.8 Å². The average Bonchev–Trinajstić information content (AvgIpc) is 1.33. The van der Waals surface area contributed by atoms with E-state index in [1.165, 1.54) is 33.4 Å². The summed E-state index contributed by atoms with van der Waals surface area (Å²) in [4.78, 5) is 247. The van der Waals surface area contributed by atoms with Crippen LogP contribution in [0.15, 0.2) is 121 Å². The molecule has 14 atom stereocenters. The van der Waals surface area contributed by atoms with Gasteiger partial charge in [-0.15, -0.1) is 0 Å². The van der Waals surface area contributed by atoms with Crippen molar-refractivity contribution in [2.75, 3.05) is 65.6 Å². The van der Waals surface area contributed by atoms with E-state index >= 15 is 0 Å². The van der Waals surface area contributed by atoms with E-state index in [0.717, 1.165) is 27.6 Å². The number of aromatic nitrogens is 1. The van der Waals surface area contributed by atoms with Crippen LogP contribution in [0.25, 0.3) is 10.9 Å². The van der Waals surface area contributed by atoms with Crippen molar-refractivity contribution in [3.8, 4) is 0 Å². The summed E-state index contributed by atoms with van der Waals surface area (Å²) in [7, 11) is 0. The Morgan fingerprint density at radius 1 is 0.439 bits per heavy atom. The molecule has 39 nitrogen and oxygen atoms in total. The first kappa shape index (κ1) is 110. The number of fused-ring (bicyclic) bond motifs is 1. The topological polar surface area (TPSA) is 537 Å². The maximum absolute atomic E-state index is 14.9. The normalized spacial score (nSPS) is 18.4. The molecular weight excluding hydrogens is 1790 g/mol. The predicted octanol–water partition coefficient (Wildman–Crippen LogP) is 2.78. The quantitative estimate of drug-likeness (QED) is 0.0249. The van der Waals surface area contributed by atoms with E-state index in [-0.39, 0.29) is 90.1 Å². The van der Waals surface area contributed by atoms with Crippen LogP contribution in [0.5, 0.6) is 0 Å². The average molecular weight is 1930 g/mol. The number of nitrogens with one attached hydrogen (secondary N) is 13. The van der Waals surface area contributed by atoms with Gasteiger partial charge in [0, 0.05) is 56.1 Å². The summed E-state index contributed by atoms with van der Waals surface area (Å²) in [6.45, 7) is 22.8. The number of benzene rings is 4. The van der Waals surface area contributed by atoms with Crippen molar-refractivity contribution in [3.05, 3.63) is 144 Å². The third-order valence-corrected chi connectivity index (χ3v) is 24.9. The van der Waals surface area contributed by atoms with Crippen LogP contribution in [0.3, 0.4) is 0 Å². The minimum Gasteiger partial charge on any atom is -0.480 e. The van der Waals surface area contributed by atoms with Crippen molar-refractivity contribution in [1.29, 1.82) is 0 Å². The Morgan fingerprint density at radius 3 is 1.41 bits per heavy atom. The first-order chi connectivity index (χ1) is 65.7. The third kappa shape index (κ3) is 31.4. The highest BCUT2D eigenvalue weighted by molar-refractivity contribution is 6.01. The van der Waals surface area contributed by atoms with Gasteiger partial charge in [0.25, 0.3) is 0 Å². The smallest absolute Gasteiger partial charge is 0.328 e. The van der Waals surface area contributed by atoms with Crippen LogP contribution in [0.1, 0.15) is 203 Å². The fraction of sp³-hybridized carbons (Fsp3) is 0.570. The Kier molecular flexibility index (Phi) is 39.7. The molecule has 0 aliphatic carbocycles. The van der Waals surface area contributed by atoms with E-state index in [9.17, 15) is 86.6 Å². The number of hydrogen-bond donors (Lipinski definition) is 15. The molecule has 4 saturated heterocycles. The Labute approximate surface area is 811 Å². The lowest BCUT2D eigenvalue weighted by atomic mass is 9.77. The Bertz CT molecular complexity index is 5040. The number of H-pyrrole nitrogens is 1. The number of aliphatic carboxylic acids is 1. The van der Waals surface area contributed by atoms with E-state index in [0.29, 0.717) is 37.7 Å². The van der Waals surface area contributed by atoms with Gasteiger partial charge in [0.05, 0.1) is 62.3 Å². The van der Waals surface area contributed by atoms with Crippen molar-refractivity contribution in [1.82, 2.24) is 88.4 Å². The van der Waals surface area contributed by atoms with Gasteiger partial charge in [-0.05, 0) is 181 Å². The monoisotopic (exact) mass is 1930 g/mol. The van der Waals surface area contributed by atoms with Gasteiger partial charge in [0.15, 0.2) is 6.04 Å². The number of likely N-dealkylation sites (tertiary alicyclic amines) is 4. The van der Waals surface area contributed by atoms with Gasteiger partial charge in [-0.25, -0.2) is 4.79 Å². The van der Waals surface area contributed by atoms with Crippen molar-refractivity contribution < 1.29 is 101 Å². The van der Waals surface area contributed by atoms with Crippen molar-refractivity contribution in [3.63, 3.8) is 0 Å². The minimum atomic E-state index is -1.51. The van der Waals surface area contributed by atoms with E-state index < -0.39 is 240 Å². The number of ether oxygens (including phenoxy) is 3. The number of nitrogens with zero attached hydrogens (tertiary/aromatic N) is 4. The molecule has 139 heavy (non-hydrogen) atoms.